The fourth-order valence-corrected chi connectivity index (χ4v) is 1.96. The lowest BCUT2D eigenvalue weighted by Gasteiger charge is -2.24. The van der Waals surface area contributed by atoms with Gasteiger partial charge < -0.3 is 15.4 Å². The van der Waals surface area contributed by atoms with Crippen LogP contribution in [0, 0.1) is 0 Å². The maximum absolute atomic E-state index is 11.8. The monoisotopic (exact) mass is 312 g/mol. The van der Waals surface area contributed by atoms with Gasteiger partial charge in [0, 0.05) is 11.6 Å². The van der Waals surface area contributed by atoms with E-state index >= 15 is 0 Å². The van der Waals surface area contributed by atoms with Crippen LogP contribution in [0.15, 0.2) is 18.2 Å². The summed E-state index contributed by atoms with van der Waals surface area (Å²) < 4.78 is 5.49. The van der Waals surface area contributed by atoms with Crippen LogP contribution in [0.3, 0.4) is 0 Å². The number of hydrogen-bond donors (Lipinski definition) is 2. The van der Waals surface area contributed by atoms with Crippen LogP contribution in [-0.2, 0) is 4.79 Å². The lowest BCUT2D eigenvalue weighted by molar-refractivity contribution is -0.124. The number of benzene rings is 1. The summed E-state index contributed by atoms with van der Waals surface area (Å²) in [5.74, 6) is 0.374. The Labute approximate surface area is 132 Å². The van der Waals surface area contributed by atoms with Crippen molar-refractivity contribution in [1.29, 1.82) is 0 Å². The van der Waals surface area contributed by atoms with Gasteiger partial charge in [0.2, 0.25) is 0 Å². The van der Waals surface area contributed by atoms with Crippen LogP contribution in [0.1, 0.15) is 45.7 Å². The number of hydrogen-bond acceptors (Lipinski definition) is 3. The van der Waals surface area contributed by atoms with Crippen LogP contribution in [0.4, 0.5) is 0 Å². The van der Waals surface area contributed by atoms with Gasteiger partial charge in [-0.05, 0) is 51.9 Å². The van der Waals surface area contributed by atoms with Gasteiger partial charge in [-0.2, -0.15) is 0 Å². The minimum atomic E-state index is -0.226. The zero-order valence-electron chi connectivity index (χ0n) is 13.4. The highest BCUT2D eigenvalue weighted by atomic mass is 35.5. The first-order chi connectivity index (χ1) is 9.79. The molecule has 0 aliphatic heterocycles. The standard InChI is InChI=1S/C16H25ClN2O2/c1-6-16(3,4)19-15(20)10-21-14-8-7-12(9-13(14)17)11(2)18-5/h7-9,11,18H,6,10H2,1-5H3,(H,19,20). The molecule has 1 aromatic rings. The fourth-order valence-electron chi connectivity index (χ4n) is 1.72. The summed E-state index contributed by atoms with van der Waals surface area (Å²) in [6.07, 6.45) is 0.857. The van der Waals surface area contributed by atoms with Crippen LogP contribution in [0.2, 0.25) is 5.02 Å². The van der Waals surface area contributed by atoms with Crippen molar-refractivity contribution in [2.45, 2.75) is 45.7 Å². The molecule has 0 spiro atoms. The maximum atomic E-state index is 11.8. The second-order valence-corrected chi connectivity index (χ2v) is 6.18. The van der Waals surface area contributed by atoms with E-state index in [0.717, 1.165) is 12.0 Å². The Morgan fingerprint density at radius 1 is 1.43 bits per heavy atom. The maximum Gasteiger partial charge on any atom is 0.258 e. The largest absolute Gasteiger partial charge is 0.482 e. The van der Waals surface area contributed by atoms with Gasteiger partial charge in [-0.15, -0.1) is 0 Å². The Kier molecular flexibility index (Phi) is 6.49. The highest BCUT2D eigenvalue weighted by Gasteiger charge is 2.18. The Balaban J connectivity index is 2.62. The average molecular weight is 313 g/mol. The Bertz CT molecular complexity index is 489. The third-order valence-corrected chi connectivity index (χ3v) is 3.90. The van der Waals surface area contributed by atoms with E-state index in [1.807, 2.05) is 46.9 Å². The zero-order chi connectivity index (χ0) is 16.0. The van der Waals surface area contributed by atoms with Crippen molar-refractivity contribution in [3.8, 4) is 5.75 Å². The summed E-state index contributed by atoms with van der Waals surface area (Å²) in [5.41, 5.74) is 0.850. The van der Waals surface area contributed by atoms with Crippen LogP contribution >= 0.6 is 11.6 Å². The molecule has 1 unspecified atom stereocenters. The smallest absolute Gasteiger partial charge is 0.258 e. The minimum absolute atomic E-state index is 0.0376. The van der Waals surface area contributed by atoms with E-state index in [1.165, 1.54) is 0 Å². The molecule has 0 saturated carbocycles. The van der Waals surface area contributed by atoms with Crippen molar-refractivity contribution >= 4 is 17.5 Å². The van der Waals surface area contributed by atoms with Gasteiger partial charge in [0.25, 0.3) is 5.91 Å². The minimum Gasteiger partial charge on any atom is -0.482 e. The molecule has 0 aliphatic rings. The number of amides is 1. The lowest BCUT2D eigenvalue weighted by Crippen LogP contribution is -2.44. The van der Waals surface area contributed by atoms with Crippen LogP contribution in [-0.4, -0.2) is 25.1 Å². The molecule has 0 fully saturated rings. The predicted molar refractivity (Wildman–Crippen MR) is 86.9 cm³/mol. The molecule has 1 atom stereocenters. The normalized spacial score (nSPS) is 12.9. The first-order valence-electron chi connectivity index (χ1n) is 7.19. The molecular formula is C16H25ClN2O2. The molecule has 0 aromatic heterocycles. The molecule has 0 radical (unpaired) electrons. The van der Waals surface area contributed by atoms with Crippen molar-refractivity contribution in [2.24, 2.45) is 0 Å². The van der Waals surface area contributed by atoms with Crippen molar-refractivity contribution < 1.29 is 9.53 Å². The summed E-state index contributed by atoms with van der Waals surface area (Å²) in [6.45, 7) is 7.99. The van der Waals surface area contributed by atoms with Gasteiger partial charge >= 0.3 is 0 Å². The molecule has 2 N–H and O–H groups in total. The second-order valence-electron chi connectivity index (χ2n) is 5.77. The molecule has 21 heavy (non-hydrogen) atoms. The Hall–Kier alpha value is -1.26. The van der Waals surface area contributed by atoms with Gasteiger partial charge in [0.05, 0.1) is 5.02 Å². The molecule has 0 heterocycles. The number of ether oxygens (including phenoxy) is 1. The van der Waals surface area contributed by atoms with Gasteiger partial charge in [-0.25, -0.2) is 0 Å². The number of nitrogens with one attached hydrogen (secondary N) is 2. The van der Waals surface area contributed by atoms with E-state index in [1.54, 1.807) is 6.07 Å². The van der Waals surface area contributed by atoms with Crippen molar-refractivity contribution in [2.75, 3.05) is 13.7 Å². The lowest BCUT2D eigenvalue weighted by atomic mass is 10.0. The third kappa shape index (κ3) is 5.56. The Morgan fingerprint density at radius 3 is 2.62 bits per heavy atom. The zero-order valence-corrected chi connectivity index (χ0v) is 14.2. The third-order valence-electron chi connectivity index (χ3n) is 3.61. The number of carbonyl (C=O) groups excluding carboxylic acids is 1. The van der Waals surface area contributed by atoms with Crippen LogP contribution < -0.4 is 15.4 Å². The topological polar surface area (TPSA) is 50.4 Å². The molecular weight excluding hydrogens is 288 g/mol. The van der Waals surface area contributed by atoms with Gasteiger partial charge in [-0.1, -0.05) is 24.6 Å². The second kappa shape index (κ2) is 7.66. The Morgan fingerprint density at radius 2 is 2.10 bits per heavy atom. The quantitative estimate of drug-likeness (QED) is 0.812. The molecule has 0 bridgehead atoms. The van der Waals surface area contributed by atoms with E-state index in [-0.39, 0.29) is 24.1 Å². The summed E-state index contributed by atoms with van der Waals surface area (Å²) in [5, 5.41) is 6.58. The predicted octanol–water partition coefficient (Wildman–Crippen LogP) is 3.30. The number of rotatable bonds is 7. The highest BCUT2D eigenvalue weighted by molar-refractivity contribution is 6.32. The van der Waals surface area contributed by atoms with E-state index in [2.05, 4.69) is 10.6 Å². The van der Waals surface area contributed by atoms with Crippen molar-refractivity contribution in [3.05, 3.63) is 28.8 Å². The molecule has 118 valence electrons. The molecule has 4 nitrogen and oxygen atoms in total. The molecule has 5 heteroatoms. The van der Waals surface area contributed by atoms with Crippen LogP contribution in [0.25, 0.3) is 0 Å². The molecule has 1 amide bonds. The SMILES string of the molecule is CCC(C)(C)NC(=O)COc1ccc(C(C)NC)cc1Cl. The number of carbonyl (C=O) groups is 1. The summed E-state index contributed by atoms with van der Waals surface area (Å²) >= 11 is 6.19. The first kappa shape index (κ1) is 17.8. The average Bonchev–Trinajstić information content (AvgIpc) is 2.44. The molecule has 1 rings (SSSR count). The van der Waals surface area contributed by atoms with Crippen molar-refractivity contribution in [1.82, 2.24) is 10.6 Å². The van der Waals surface area contributed by atoms with Crippen molar-refractivity contribution in [3.63, 3.8) is 0 Å². The van der Waals surface area contributed by atoms with Gasteiger partial charge in [0.15, 0.2) is 6.61 Å². The number of halogens is 1. The molecule has 0 saturated heterocycles. The van der Waals surface area contributed by atoms with Crippen LogP contribution in [0.5, 0.6) is 5.75 Å². The highest BCUT2D eigenvalue weighted by Crippen LogP contribution is 2.27. The summed E-state index contributed by atoms with van der Waals surface area (Å²) in [4.78, 5) is 11.8. The van der Waals surface area contributed by atoms with E-state index < -0.39 is 0 Å². The molecule has 0 aliphatic carbocycles. The summed E-state index contributed by atoms with van der Waals surface area (Å²) in [6, 6.07) is 5.80. The van der Waals surface area contributed by atoms with E-state index in [4.69, 9.17) is 16.3 Å². The molecule has 1 aromatic carbocycles. The first-order valence-corrected chi connectivity index (χ1v) is 7.57. The van der Waals surface area contributed by atoms with E-state index in [0.29, 0.717) is 10.8 Å². The fraction of sp³-hybridized carbons (Fsp3) is 0.562. The van der Waals surface area contributed by atoms with Gasteiger partial charge in [0.1, 0.15) is 5.75 Å². The van der Waals surface area contributed by atoms with Gasteiger partial charge in [-0.3, -0.25) is 4.79 Å². The van der Waals surface area contributed by atoms with E-state index in [9.17, 15) is 4.79 Å². The summed E-state index contributed by atoms with van der Waals surface area (Å²) in [7, 11) is 1.89.